The SMILES string of the molecule is CC(C)COc1cccc(-c2cc3c(cc2F)[C@H](OC(N)=O)C(C)(C)C3)c1. The van der Waals surface area contributed by atoms with Crippen LogP contribution in [-0.4, -0.2) is 12.7 Å². The minimum absolute atomic E-state index is 0.343. The van der Waals surface area contributed by atoms with Crippen molar-refractivity contribution in [1.82, 2.24) is 0 Å². The highest BCUT2D eigenvalue weighted by molar-refractivity contribution is 5.69. The third-order valence-electron chi connectivity index (χ3n) is 4.83. The molecule has 1 aliphatic rings. The molecule has 2 aromatic carbocycles. The third kappa shape index (κ3) is 4.07. The Morgan fingerprint density at radius 1 is 1.30 bits per heavy atom. The summed E-state index contributed by atoms with van der Waals surface area (Å²) in [5.41, 5.74) is 7.79. The van der Waals surface area contributed by atoms with E-state index in [1.54, 1.807) is 0 Å². The minimum atomic E-state index is -0.847. The van der Waals surface area contributed by atoms with Crippen LogP contribution < -0.4 is 10.5 Å². The summed E-state index contributed by atoms with van der Waals surface area (Å²) >= 11 is 0. The molecule has 1 aliphatic carbocycles. The summed E-state index contributed by atoms with van der Waals surface area (Å²) in [7, 11) is 0. The highest BCUT2D eigenvalue weighted by Gasteiger charge is 2.42. The molecule has 27 heavy (non-hydrogen) atoms. The first-order chi connectivity index (χ1) is 12.7. The molecule has 1 amide bonds. The van der Waals surface area contributed by atoms with Crippen LogP contribution in [0.15, 0.2) is 36.4 Å². The molecule has 2 aromatic rings. The molecule has 0 radical (unpaired) electrons. The molecule has 0 saturated carbocycles. The van der Waals surface area contributed by atoms with Gasteiger partial charge in [0.2, 0.25) is 0 Å². The summed E-state index contributed by atoms with van der Waals surface area (Å²) in [6.45, 7) is 8.74. The molecule has 0 aliphatic heterocycles. The number of benzene rings is 2. The van der Waals surface area contributed by atoms with Crippen molar-refractivity contribution in [3.63, 3.8) is 0 Å². The second kappa shape index (κ2) is 7.22. The van der Waals surface area contributed by atoms with Crippen molar-refractivity contribution in [2.45, 2.75) is 40.2 Å². The summed E-state index contributed by atoms with van der Waals surface area (Å²) in [5.74, 6) is 0.775. The van der Waals surface area contributed by atoms with Crippen LogP contribution in [0.25, 0.3) is 11.1 Å². The lowest BCUT2D eigenvalue weighted by Crippen LogP contribution is -2.25. The van der Waals surface area contributed by atoms with E-state index in [0.717, 1.165) is 16.9 Å². The topological polar surface area (TPSA) is 61.6 Å². The molecular formula is C22H26FNO3. The molecule has 0 unspecified atom stereocenters. The molecule has 0 saturated heterocycles. The Kier molecular flexibility index (Phi) is 5.13. The van der Waals surface area contributed by atoms with Gasteiger partial charge in [-0.15, -0.1) is 0 Å². The van der Waals surface area contributed by atoms with Crippen molar-refractivity contribution >= 4 is 6.09 Å². The largest absolute Gasteiger partial charge is 0.493 e. The van der Waals surface area contributed by atoms with Gasteiger partial charge in [0.25, 0.3) is 0 Å². The third-order valence-corrected chi connectivity index (χ3v) is 4.83. The maximum Gasteiger partial charge on any atom is 0.405 e. The first-order valence-electron chi connectivity index (χ1n) is 9.19. The van der Waals surface area contributed by atoms with Crippen molar-refractivity contribution in [1.29, 1.82) is 0 Å². The van der Waals surface area contributed by atoms with E-state index in [1.807, 2.05) is 44.2 Å². The Hall–Kier alpha value is -2.56. The van der Waals surface area contributed by atoms with Crippen molar-refractivity contribution in [2.24, 2.45) is 17.1 Å². The summed E-state index contributed by atoms with van der Waals surface area (Å²) in [5, 5.41) is 0. The lowest BCUT2D eigenvalue weighted by molar-refractivity contribution is 0.0391. The van der Waals surface area contributed by atoms with E-state index in [0.29, 0.717) is 30.1 Å². The average molecular weight is 371 g/mol. The van der Waals surface area contributed by atoms with Crippen LogP contribution in [0, 0.1) is 17.2 Å². The van der Waals surface area contributed by atoms with Gasteiger partial charge < -0.3 is 15.2 Å². The van der Waals surface area contributed by atoms with Crippen LogP contribution in [-0.2, 0) is 11.2 Å². The number of nitrogens with two attached hydrogens (primary N) is 1. The molecule has 0 aromatic heterocycles. The van der Waals surface area contributed by atoms with Gasteiger partial charge in [0, 0.05) is 11.0 Å². The molecule has 144 valence electrons. The fraction of sp³-hybridized carbons (Fsp3) is 0.409. The van der Waals surface area contributed by atoms with Crippen molar-refractivity contribution < 1.29 is 18.7 Å². The van der Waals surface area contributed by atoms with Gasteiger partial charge in [0.15, 0.2) is 0 Å². The van der Waals surface area contributed by atoms with Gasteiger partial charge in [-0.25, -0.2) is 9.18 Å². The van der Waals surface area contributed by atoms with Crippen LogP contribution in [0.3, 0.4) is 0 Å². The number of primary amides is 1. The minimum Gasteiger partial charge on any atom is -0.493 e. The zero-order chi connectivity index (χ0) is 19.8. The number of carbonyl (C=O) groups excluding carboxylic acids is 1. The predicted molar refractivity (Wildman–Crippen MR) is 103 cm³/mol. The number of carbonyl (C=O) groups is 1. The van der Waals surface area contributed by atoms with Crippen molar-refractivity contribution in [2.75, 3.05) is 6.61 Å². The Morgan fingerprint density at radius 2 is 2.04 bits per heavy atom. The summed E-state index contributed by atoms with van der Waals surface area (Å²) in [4.78, 5) is 11.3. The first-order valence-corrected chi connectivity index (χ1v) is 9.19. The highest BCUT2D eigenvalue weighted by atomic mass is 19.1. The van der Waals surface area contributed by atoms with Gasteiger partial charge in [0.1, 0.15) is 17.7 Å². The lowest BCUT2D eigenvalue weighted by Gasteiger charge is -2.26. The maximum atomic E-state index is 14.9. The number of fused-ring (bicyclic) bond motifs is 1. The van der Waals surface area contributed by atoms with Gasteiger partial charge in [-0.2, -0.15) is 0 Å². The smallest absolute Gasteiger partial charge is 0.405 e. The summed E-state index contributed by atoms with van der Waals surface area (Å²) < 4.78 is 26.0. The highest BCUT2D eigenvalue weighted by Crippen LogP contribution is 2.49. The van der Waals surface area contributed by atoms with E-state index in [1.165, 1.54) is 6.07 Å². The maximum absolute atomic E-state index is 14.9. The number of hydrogen-bond donors (Lipinski definition) is 1. The zero-order valence-corrected chi connectivity index (χ0v) is 16.2. The molecule has 3 rings (SSSR count). The standard InChI is InChI=1S/C22H26FNO3/c1-13(2)12-26-16-7-5-6-14(8-16)17-9-15-11-22(3,4)20(27-21(24)25)18(15)10-19(17)23/h5-10,13,20H,11-12H2,1-4H3,(H2,24,25)/t20-/m0/s1. The van der Waals surface area contributed by atoms with E-state index in [9.17, 15) is 9.18 Å². The Bertz CT molecular complexity index is 861. The Balaban J connectivity index is 1.96. The molecule has 0 spiro atoms. The number of hydrogen-bond acceptors (Lipinski definition) is 3. The quantitative estimate of drug-likeness (QED) is 0.781. The van der Waals surface area contributed by atoms with Gasteiger partial charge in [0.05, 0.1) is 6.61 Å². The monoisotopic (exact) mass is 371 g/mol. The second-order valence-electron chi connectivity index (χ2n) is 8.25. The fourth-order valence-corrected chi connectivity index (χ4v) is 3.61. The fourth-order valence-electron chi connectivity index (χ4n) is 3.61. The second-order valence-corrected chi connectivity index (χ2v) is 8.25. The Labute approximate surface area is 159 Å². The number of ether oxygens (including phenoxy) is 2. The van der Waals surface area contributed by atoms with Crippen molar-refractivity contribution in [3.05, 3.63) is 53.3 Å². The van der Waals surface area contributed by atoms with E-state index in [2.05, 4.69) is 13.8 Å². The van der Waals surface area contributed by atoms with Crippen LogP contribution >= 0.6 is 0 Å². The average Bonchev–Trinajstić information content (AvgIpc) is 2.82. The summed E-state index contributed by atoms with van der Waals surface area (Å²) in [6, 6.07) is 10.8. The van der Waals surface area contributed by atoms with Gasteiger partial charge in [-0.1, -0.05) is 39.8 Å². The Morgan fingerprint density at radius 3 is 2.70 bits per heavy atom. The zero-order valence-electron chi connectivity index (χ0n) is 16.2. The lowest BCUT2D eigenvalue weighted by atomic mass is 9.87. The molecule has 2 N–H and O–H groups in total. The van der Waals surface area contributed by atoms with E-state index < -0.39 is 12.2 Å². The molecule has 0 fully saturated rings. The van der Waals surface area contributed by atoms with Gasteiger partial charge in [-0.05, 0) is 53.3 Å². The first kappa shape index (κ1) is 19.2. The van der Waals surface area contributed by atoms with E-state index in [-0.39, 0.29) is 11.2 Å². The number of rotatable bonds is 5. The van der Waals surface area contributed by atoms with Gasteiger partial charge >= 0.3 is 6.09 Å². The van der Waals surface area contributed by atoms with Crippen LogP contribution in [0.1, 0.15) is 44.9 Å². The molecular weight excluding hydrogens is 345 g/mol. The summed E-state index contributed by atoms with van der Waals surface area (Å²) in [6.07, 6.45) is -0.716. The predicted octanol–water partition coefficient (Wildman–Crippen LogP) is 5.25. The van der Waals surface area contributed by atoms with E-state index in [4.69, 9.17) is 15.2 Å². The molecule has 4 nitrogen and oxygen atoms in total. The van der Waals surface area contributed by atoms with Crippen molar-refractivity contribution in [3.8, 4) is 16.9 Å². The van der Waals surface area contributed by atoms with E-state index >= 15 is 0 Å². The molecule has 0 bridgehead atoms. The normalized spacial score (nSPS) is 17.6. The van der Waals surface area contributed by atoms with Crippen LogP contribution in [0.4, 0.5) is 9.18 Å². The van der Waals surface area contributed by atoms with Crippen LogP contribution in [0.5, 0.6) is 5.75 Å². The number of halogens is 1. The molecule has 1 atom stereocenters. The molecule has 0 heterocycles. The van der Waals surface area contributed by atoms with Crippen LogP contribution in [0.2, 0.25) is 0 Å². The number of amides is 1. The molecule has 5 heteroatoms. The van der Waals surface area contributed by atoms with Gasteiger partial charge in [-0.3, -0.25) is 0 Å².